The van der Waals surface area contributed by atoms with Crippen LogP contribution in [0.15, 0.2) is 23.1 Å². The maximum Gasteiger partial charge on any atom is 0.246 e. The summed E-state index contributed by atoms with van der Waals surface area (Å²) in [6.45, 7) is 2.42. The molecule has 19 heavy (non-hydrogen) atoms. The Hall–Kier alpha value is -0.980. The van der Waals surface area contributed by atoms with Crippen molar-refractivity contribution in [3.05, 3.63) is 29.6 Å². The highest BCUT2D eigenvalue weighted by Gasteiger charge is 2.31. The number of nitrogens with zero attached hydrogens (tertiary/aromatic N) is 1. The molecule has 0 radical (unpaired) electrons. The molecule has 2 rings (SSSR count). The van der Waals surface area contributed by atoms with E-state index in [1.165, 1.54) is 10.4 Å². The molecule has 4 nitrogen and oxygen atoms in total. The third-order valence-corrected chi connectivity index (χ3v) is 5.45. The summed E-state index contributed by atoms with van der Waals surface area (Å²) in [5, 5.41) is 3.08. The minimum atomic E-state index is -3.74. The first-order valence-corrected chi connectivity index (χ1v) is 7.83. The number of hydrogen-bond acceptors (Lipinski definition) is 3. The van der Waals surface area contributed by atoms with Crippen LogP contribution in [-0.2, 0) is 10.0 Å². The van der Waals surface area contributed by atoms with Gasteiger partial charge in [0.1, 0.15) is 10.7 Å². The number of rotatable bonds is 3. The Morgan fingerprint density at radius 2 is 2.16 bits per heavy atom. The standard InChI is InChI=1S/C13H19FN2O2S/c1-10-5-3-7-12(13(10)14)19(17,18)16-8-4-6-11(9-16)15-2/h3,5,7,11,15H,4,6,8-9H2,1-2H3. The van der Waals surface area contributed by atoms with Crippen molar-refractivity contribution >= 4 is 10.0 Å². The molecule has 1 N–H and O–H groups in total. The van der Waals surface area contributed by atoms with Gasteiger partial charge in [-0.2, -0.15) is 4.31 Å². The molecule has 106 valence electrons. The molecule has 1 fully saturated rings. The minimum absolute atomic E-state index is 0.136. The van der Waals surface area contributed by atoms with Crippen LogP contribution in [0.3, 0.4) is 0 Å². The van der Waals surface area contributed by atoms with E-state index < -0.39 is 15.8 Å². The van der Waals surface area contributed by atoms with Gasteiger partial charge in [0.25, 0.3) is 0 Å². The van der Waals surface area contributed by atoms with E-state index >= 15 is 0 Å². The highest BCUT2D eigenvalue weighted by molar-refractivity contribution is 7.89. The number of sulfonamides is 1. The molecule has 1 atom stereocenters. The Morgan fingerprint density at radius 1 is 1.42 bits per heavy atom. The number of halogens is 1. The zero-order valence-electron chi connectivity index (χ0n) is 11.2. The van der Waals surface area contributed by atoms with Crippen LogP contribution in [-0.4, -0.2) is 38.9 Å². The van der Waals surface area contributed by atoms with E-state index in [-0.39, 0.29) is 10.9 Å². The fourth-order valence-corrected chi connectivity index (χ4v) is 4.02. The fraction of sp³-hybridized carbons (Fsp3) is 0.538. The number of benzene rings is 1. The van der Waals surface area contributed by atoms with Crippen LogP contribution in [0.25, 0.3) is 0 Å². The molecule has 0 aromatic heterocycles. The first-order valence-electron chi connectivity index (χ1n) is 6.39. The molecule has 0 saturated carbocycles. The Labute approximate surface area is 113 Å². The van der Waals surface area contributed by atoms with Crippen LogP contribution < -0.4 is 5.32 Å². The Balaban J connectivity index is 2.34. The van der Waals surface area contributed by atoms with Crippen LogP contribution in [0.4, 0.5) is 4.39 Å². The maximum absolute atomic E-state index is 14.0. The summed E-state index contributed by atoms with van der Waals surface area (Å²) in [6.07, 6.45) is 1.73. The SMILES string of the molecule is CNC1CCCN(S(=O)(=O)c2cccc(C)c2F)C1. The maximum atomic E-state index is 14.0. The number of hydrogen-bond donors (Lipinski definition) is 1. The lowest BCUT2D eigenvalue weighted by Crippen LogP contribution is -2.47. The molecule has 0 amide bonds. The largest absolute Gasteiger partial charge is 0.316 e. The van der Waals surface area contributed by atoms with Gasteiger partial charge < -0.3 is 5.32 Å². The Morgan fingerprint density at radius 3 is 2.84 bits per heavy atom. The Kier molecular flexibility index (Phi) is 4.23. The second kappa shape index (κ2) is 5.56. The molecular weight excluding hydrogens is 267 g/mol. The van der Waals surface area contributed by atoms with E-state index in [2.05, 4.69) is 5.32 Å². The van der Waals surface area contributed by atoms with Crippen LogP contribution >= 0.6 is 0 Å². The molecule has 0 bridgehead atoms. The molecule has 6 heteroatoms. The zero-order chi connectivity index (χ0) is 14.0. The monoisotopic (exact) mass is 286 g/mol. The molecule has 1 aliphatic heterocycles. The smallest absolute Gasteiger partial charge is 0.246 e. The van der Waals surface area contributed by atoms with E-state index in [1.807, 2.05) is 7.05 Å². The van der Waals surface area contributed by atoms with Gasteiger partial charge >= 0.3 is 0 Å². The lowest BCUT2D eigenvalue weighted by atomic mass is 10.1. The van der Waals surface area contributed by atoms with E-state index in [4.69, 9.17) is 0 Å². The van der Waals surface area contributed by atoms with Crippen molar-refractivity contribution in [1.29, 1.82) is 0 Å². The van der Waals surface area contributed by atoms with Crippen molar-refractivity contribution in [2.75, 3.05) is 20.1 Å². The summed E-state index contributed by atoms with van der Waals surface area (Å²) >= 11 is 0. The van der Waals surface area contributed by atoms with Gasteiger partial charge in [0.05, 0.1) is 0 Å². The van der Waals surface area contributed by atoms with Crippen molar-refractivity contribution in [1.82, 2.24) is 9.62 Å². The lowest BCUT2D eigenvalue weighted by molar-refractivity contribution is 0.292. The summed E-state index contributed by atoms with van der Waals surface area (Å²) in [4.78, 5) is -0.218. The van der Waals surface area contributed by atoms with Gasteiger partial charge in [-0.05, 0) is 38.4 Å². The van der Waals surface area contributed by atoms with E-state index in [1.54, 1.807) is 19.1 Å². The molecule has 0 spiro atoms. The molecule has 1 aliphatic rings. The average molecular weight is 286 g/mol. The van der Waals surface area contributed by atoms with E-state index in [9.17, 15) is 12.8 Å². The summed E-state index contributed by atoms with van der Waals surface area (Å²) < 4.78 is 40.3. The second-order valence-corrected chi connectivity index (χ2v) is 6.78. The minimum Gasteiger partial charge on any atom is -0.316 e. The molecule has 1 unspecified atom stereocenters. The van der Waals surface area contributed by atoms with Gasteiger partial charge in [-0.1, -0.05) is 12.1 Å². The average Bonchev–Trinajstić information content (AvgIpc) is 2.41. The summed E-state index contributed by atoms with van der Waals surface area (Å²) in [7, 11) is -1.93. The highest BCUT2D eigenvalue weighted by atomic mass is 32.2. The molecule has 1 aromatic carbocycles. The first kappa shape index (κ1) is 14.4. The van der Waals surface area contributed by atoms with Gasteiger partial charge in [0.2, 0.25) is 10.0 Å². The van der Waals surface area contributed by atoms with E-state index in [0.29, 0.717) is 18.7 Å². The third-order valence-electron chi connectivity index (χ3n) is 3.57. The summed E-state index contributed by atoms with van der Waals surface area (Å²) in [5.74, 6) is -0.644. The van der Waals surface area contributed by atoms with Gasteiger partial charge in [0, 0.05) is 19.1 Å². The predicted molar refractivity (Wildman–Crippen MR) is 72.0 cm³/mol. The van der Waals surface area contributed by atoms with Gasteiger partial charge in [0.15, 0.2) is 0 Å². The van der Waals surface area contributed by atoms with Crippen molar-refractivity contribution in [3.8, 4) is 0 Å². The topological polar surface area (TPSA) is 49.4 Å². The van der Waals surface area contributed by atoms with Crippen molar-refractivity contribution < 1.29 is 12.8 Å². The van der Waals surface area contributed by atoms with Gasteiger partial charge in [-0.3, -0.25) is 0 Å². The Bertz CT molecular complexity index is 560. The summed E-state index contributed by atoms with van der Waals surface area (Å²) in [5.41, 5.74) is 0.350. The molecule has 1 saturated heterocycles. The van der Waals surface area contributed by atoms with Crippen molar-refractivity contribution in [2.45, 2.75) is 30.7 Å². The summed E-state index contributed by atoms with van der Waals surface area (Å²) in [6, 6.07) is 4.61. The third kappa shape index (κ3) is 2.80. The zero-order valence-corrected chi connectivity index (χ0v) is 12.0. The first-order chi connectivity index (χ1) is 8.96. The van der Waals surface area contributed by atoms with Crippen LogP contribution in [0, 0.1) is 12.7 Å². The quantitative estimate of drug-likeness (QED) is 0.916. The second-order valence-electron chi connectivity index (χ2n) is 4.88. The normalized spacial score (nSPS) is 21.5. The molecular formula is C13H19FN2O2S. The number of likely N-dealkylation sites (N-methyl/N-ethyl adjacent to an activating group) is 1. The molecule has 1 aromatic rings. The highest BCUT2D eigenvalue weighted by Crippen LogP contribution is 2.24. The van der Waals surface area contributed by atoms with Gasteiger partial charge in [-0.15, -0.1) is 0 Å². The van der Waals surface area contributed by atoms with E-state index in [0.717, 1.165) is 12.8 Å². The number of nitrogens with one attached hydrogen (secondary N) is 1. The predicted octanol–water partition coefficient (Wildman–Crippen LogP) is 1.51. The fourth-order valence-electron chi connectivity index (χ4n) is 2.36. The van der Waals surface area contributed by atoms with Gasteiger partial charge in [-0.25, -0.2) is 12.8 Å². The van der Waals surface area contributed by atoms with Crippen molar-refractivity contribution in [3.63, 3.8) is 0 Å². The number of piperidine rings is 1. The van der Waals surface area contributed by atoms with Crippen LogP contribution in [0.1, 0.15) is 18.4 Å². The van der Waals surface area contributed by atoms with Crippen LogP contribution in [0.5, 0.6) is 0 Å². The van der Waals surface area contributed by atoms with Crippen molar-refractivity contribution in [2.24, 2.45) is 0 Å². The molecule has 1 heterocycles. The lowest BCUT2D eigenvalue weighted by Gasteiger charge is -2.31. The number of aryl methyl sites for hydroxylation is 1. The van der Waals surface area contributed by atoms with Crippen LogP contribution in [0.2, 0.25) is 0 Å². The molecule has 0 aliphatic carbocycles.